The molecule has 0 aliphatic carbocycles. The van der Waals surface area contributed by atoms with Crippen LogP contribution in [0.4, 0.5) is 0 Å². The molecule has 4 heterocycles. The molecule has 0 aliphatic rings. The molecular formula is C57H35N5S. The summed E-state index contributed by atoms with van der Waals surface area (Å²) in [5.41, 5.74) is 7.42. The summed E-state index contributed by atoms with van der Waals surface area (Å²) < 4.78 is 71.1. The molecule has 4 aromatic heterocycles. The summed E-state index contributed by atoms with van der Waals surface area (Å²) in [5.74, 6) is 1.49. The fourth-order valence-corrected chi connectivity index (χ4v) is 10.3. The fraction of sp³-hybridized carbons (Fsp3) is 0. The van der Waals surface area contributed by atoms with Gasteiger partial charge in [-0.15, -0.1) is 11.3 Å². The van der Waals surface area contributed by atoms with E-state index in [1.807, 2.05) is 130 Å². The van der Waals surface area contributed by atoms with Crippen LogP contribution in [-0.4, -0.2) is 24.1 Å². The molecule has 294 valence electrons. The molecule has 0 unspecified atom stereocenters. The Bertz CT molecular complexity index is 4270. The highest BCUT2D eigenvalue weighted by Gasteiger charge is 2.24. The van der Waals surface area contributed by atoms with Crippen molar-refractivity contribution in [3.63, 3.8) is 0 Å². The van der Waals surface area contributed by atoms with E-state index in [4.69, 9.17) is 19.1 Å². The van der Waals surface area contributed by atoms with Crippen molar-refractivity contribution < 1.29 is 9.60 Å². The quantitative estimate of drug-likeness (QED) is 0.168. The van der Waals surface area contributed by atoms with Crippen molar-refractivity contribution in [1.82, 2.24) is 24.1 Å². The highest BCUT2D eigenvalue weighted by atomic mass is 32.1. The lowest BCUT2D eigenvalue weighted by Gasteiger charge is -2.18. The molecular weight excluding hydrogens is 787 g/mol. The van der Waals surface area contributed by atoms with Crippen molar-refractivity contribution in [3.8, 4) is 56.7 Å². The predicted octanol–water partition coefficient (Wildman–Crippen LogP) is 15.1. The Hall–Kier alpha value is -8.19. The van der Waals surface area contributed by atoms with Crippen molar-refractivity contribution >= 4 is 75.1 Å². The first kappa shape index (κ1) is 29.1. The largest absolute Gasteiger partial charge is 0.307 e. The predicted molar refractivity (Wildman–Crippen MR) is 263 cm³/mol. The van der Waals surface area contributed by atoms with Crippen LogP contribution in [0, 0.1) is 0 Å². The summed E-state index contributed by atoms with van der Waals surface area (Å²) in [5, 5.41) is 3.43. The summed E-state index contributed by atoms with van der Waals surface area (Å²) in [7, 11) is 0. The van der Waals surface area contributed by atoms with E-state index in [0.717, 1.165) is 42.4 Å². The molecule has 0 atom stereocenters. The van der Waals surface area contributed by atoms with Gasteiger partial charge in [-0.1, -0.05) is 164 Å². The highest BCUT2D eigenvalue weighted by Crippen LogP contribution is 2.46. The Morgan fingerprint density at radius 3 is 1.73 bits per heavy atom. The Morgan fingerprint density at radius 2 is 1.00 bits per heavy atom. The summed E-state index contributed by atoms with van der Waals surface area (Å²) in [6, 6.07) is 53.8. The third-order valence-electron chi connectivity index (χ3n) is 11.8. The van der Waals surface area contributed by atoms with E-state index in [2.05, 4.69) is 36.4 Å². The van der Waals surface area contributed by atoms with Crippen LogP contribution < -0.4 is 0 Å². The maximum Gasteiger partial charge on any atom is 0.164 e. The first-order valence-electron chi connectivity index (χ1n) is 24.1. The fourth-order valence-electron chi connectivity index (χ4n) is 9.06. The average molecular weight is 829 g/mol. The van der Waals surface area contributed by atoms with Crippen molar-refractivity contribution in [3.05, 3.63) is 212 Å². The summed E-state index contributed by atoms with van der Waals surface area (Å²) in [4.78, 5) is 15.2. The summed E-state index contributed by atoms with van der Waals surface area (Å²) in [6.45, 7) is 0. The van der Waals surface area contributed by atoms with E-state index in [0.29, 0.717) is 67.3 Å². The molecule has 9 aromatic carbocycles. The van der Waals surface area contributed by atoms with Gasteiger partial charge in [-0.3, -0.25) is 0 Å². The van der Waals surface area contributed by atoms with E-state index < -0.39 is 0 Å². The second-order valence-electron chi connectivity index (χ2n) is 15.4. The minimum absolute atomic E-state index is 0.0313. The van der Waals surface area contributed by atoms with Crippen LogP contribution in [0.5, 0.6) is 0 Å². The Morgan fingerprint density at radius 1 is 0.397 bits per heavy atom. The molecule has 13 aromatic rings. The zero-order chi connectivity index (χ0) is 47.5. The lowest BCUT2D eigenvalue weighted by Crippen LogP contribution is -2.03. The first-order valence-corrected chi connectivity index (χ1v) is 21.4. The molecule has 0 amide bonds. The van der Waals surface area contributed by atoms with Crippen LogP contribution in [-0.2, 0) is 0 Å². The molecule has 0 saturated carbocycles. The van der Waals surface area contributed by atoms with Gasteiger partial charge >= 0.3 is 0 Å². The topological polar surface area (TPSA) is 48.5 Å². The van der Waals surface area contributed by atoms with E-state index in [1.54, 1.807) is 23.5 Å². The number of thiophene rings is 1. The van der Waals surface area contributed by atoms with Crippen LogP contribution in [0.25, 0.3) is 120 Å². The number of nitrogens with zero attached hydrogens (tertiary/aromatic N) is 5. The van der Waals surface area contributed by atoms with Crippen LogP contribution in [0.15, 0.2) is 212 Å². The molecule has 13 rings (SSSR count). The molecule has 0 aliphatic heterocycles. The maximum atomic E-state index is 9.85. The number of hydrogen-bond acceptors (Lipinski definition) is 4. The summed E-state index contributed by atoms with van der Waals surface area (Å²) in [6.07, 6.45) is 0. The maximum absolute atomic E-state index is 9.85. The van der Waals surface area contributed by atoms with E-state index in [1.165, 1.54) is 0 Å². The van der Waals surface area contributed by atoms with Gasteiger partial charge in [0.2, 0.25) is 0 Å². The molecule has 0 spiro atoms. The van der Waals surface area contributed by atoms with Gasteiger partial charge in [0.25, 0.3) is 0 Å². The molecule has 0 saturated heterocycles. The number of rotatable bonds is 6. The van der Waals surface area contributed by atoms with Gasteiger partial charge in [0.15, 0.2) is 17.5 Å². The molecule has 0 fully saturated rings. The third kappa shape index (κ3) is 5.59. The number of fused-ring (bicyclic) bond motifs is 10. The molecule has 0 bridgehead atoms. The Balaban J connectivity index is 1.22. The number of aromatic nitrogens is 5. The van der Waals surface area contributed by atoms with Crippen molar-refractivity contribution in [2.75, 3.05) is 0 Å². The number of para-hydroxylation sites is 3. The van der Waals surface area contributed by atoms with Crippen LogP contribution in [0.1, 0.15) is 9.60 Å². The van der Waals surface area contributed by atoms with E-state index in [9.17, 15) is 5.48 Å². The minimum Gasteiger partial charge on any atom is -0.307 e. The Kier molecular flexibility index (Phi) is 6.57. The monoisotopic (exact) mass is 828 g/mol. The van der Waals surface area contributed by atoms with Gasteiger partial charge in [-0.25, -0.2) is 15.0 Å². The van der Waals surface area contributed by atoms with Gasteiger partial charge in [0.05, 0.1) is 37.3 Å². The molecule has 63 heavy (non-hydrogen) atoms. The van der Waals surface area contributed by atoms with Crippen LogP contribution in [0.2, 0.25) is 0 Å². The SMILES string of the molecule is [2H]c1cc2c(c([2H])c1[2H])c1c([2H])c([2H])c3c4c([2H])c([2H])ccc4n(-c4ccc(-c5nc(-c6ccccc6)nc(-c6ccccc6)n5)cc4-c4cccc5c4sc4ccccc45)c3c1n2-c1ccccc1. The lowest BCUT2D eigenvalue weighted by molar-refractivity contribution is 1.07. The van der Waals surface area contributed by atoms with Gasteiger partial charge in [-0.05, 0) is 48.5 Å². The van der Waals surface area contributed by atoms with Gasteiger partial charge in [-0.2, -0.15) is 0 Å². The third-order valence-corrected chi connectivity index (χ3v) is 13.1. The average Bonchev–Trinajstić information content (AvgIpc) is 4.07. The highest BCUT2D eigenvalue weighted by molar-refractivity contribution is 7.26. The molecule has 5 nitrogen and oxygen atoms in total. The number of hydrogen-bond donors (Lipinski definition) is 0. The standard InChI is InChI=1S/C57H35N5S/c1-4-17-36(18-5-1)55-58-56(37-19-6-2-7-20-37)60-57(59-55)38-31-34-50(47(35-38)46-27-16-26-45-42-25-12-15-30-51(42)63-54(45)46)62-49-29-14-11-24-41(49)44-33-32-43-40-23-10-13-28-48(40)61(52(43)53(44)62)39-21-8-3-9-22-39/h1-35H/i10D,11D,13D,23D,24D,32D,33D. The van der Waals surface area contributed by atoms with E-state index in [-0.39, 0.29) is 53.1 Å². The second kappa shape index (κ2) is 14.2. The van der Waals surface area contributed by atoms with Gasteiger partial charge in [0, 0.05) is 75.2 Å². The lowest BCUT2D eigenvalue weighted by atomic mass is 9.98. The van der Waals surface area contributed by atoms with Crippen LogP contribution in [0.3, 0.4) is 0 Å². The Labute approximate surface area is 376 Å². The zero-order valence-corrected chi connectivity index (χ0v) is 34.1. The molecule has 0 radical (unpaired) electrons. The van der Waals surface area contributed by atoms with Crippen molar-refractivity contribution in [2.24, 2.45) is 0 Å². The van der Waals surface area contributed by atoms with Gasteiger partial charge in [0.1, 0.15) is 0 Å². The van der Waals surface area contributed by atoms with Crippen molar-refractivity contribution in [1.29, 1.82) is 0 Å². The van der Waals surface area contributed by atoms with E-state index >= 15 is 0 Å². The van der Waals surface area contributed by atoms with Crippen molar-refractivity contribution in [2.45, 2.75) is 0 Å². The smallest absolute Gasteiger partial charge is 0.164 e. The number of benzene rings is 9. The second-order valence-corrected chi connectivity index (χ2v) is 16.5. The van der Waals surface area contributed by atoms with Crippen LogP contribution >= 0.6 is 11.3 Å². The summed E-state index contributed by atoms with van der Waals surface area (Å²) >= 11 is 1.70. The molecule has 0 N–H and O–H groups in total. The molecule has 6 heteroatoms. The van der Waals surface area contributed by atoms with Gasteiger partial charge < -0.3 is 9.13 Å². The minimum atomic E-state index is -0.281. The first-order chi connectivity index (χ1) is 34.2. The zero-order valence-electron chi connectivity index (χ0n) is 40.3. The normalized spacial score (nSPS) is 13.4.